The maximum Gasteiger partial charge on any atom is 0.162 e. The molecule has 1 fully saturated rings. The van der Waals surface area contributed by atoms with Gasteiger partial charge in [-0.05, 0) is 41.1 Å². The summed E-state index contributed by atoms with van der Waals surface area (Å²) in [6.45, 7) is 1.61. The van der Waals surface area contributed by atoms with Crippen molar-refractivity contribution >= 4 is 27.5 Å². The summed E-state index contributed by atoms with van der Waals surface area (Å²) in [4.78, 5) is 11.2. The standard InChI is InChI=1S/C25H25N3O4/c1-29-18-6-4-17-11-19(7-5-16(17)10-18)32-20-8-9-28(14-20)25-21-12-23(30-2)24(31-3)13-22(21)26-15-27-25/h4-7,10-13,15,20H,8-9,14H2,1-3H3. The van der Waals surface area contributed by atoms with Crippen molar-refractivity contribution in [3.8, 4) is 23.0 Å². The maximum atomic E-state index is 6.32. The third kappa shape index (κ3) is 3.70. The summed E-state index contributed by atoms with van der Waals surface area (Å²) in [5, 5.41) is 3.19. The normalized spacial score (nSPS) is 15.8. The molecule has 1 unspecified atom stereocenters. The van der Waals surface area contributed by atoms with Crippen LogP contribution in [0.4, 0.5) is 5.82 Å². The lowest BCUT2D eigenvalue weighted by Gasteiger charge is -2.20. The van der Waals surface area contributed by atoms with Gasteiger partial charge in [0.1, 0.15) is 29.7 Å². The van der Waals surface area contributed by atoms with Gasteiger partial charge >= 0.3 is 0 Å². The van der Waals surface area contributed by atoms with Crippen LogP contribution >= 0.6 is 0 Å². The minimum Gasteiger partial charge on any atom is -0.497 e. The van der Waals surface area contributed by atoms with E-state index in [2.05, 4.69) is 33.1 Å². The molecule has 0 amide bonds. The zero-order valence-electron chi connectivity index (χ0n) is 18.4. The number of hydrogen-bond acceptors (Lipinski definition) is 7. The molecule has 4 aromatic rings. The maximum absolute atomic E-state index is 6.32. The van der Waals surface area contributed by atoms with E-state index in [1.165, 1.54) is 0 Å². The molecule has 1 aliphatic heterocycles. The Labute approximate surface area is 186 Å². The van der Waals surface area contributed by atoms with Crippen LogP contribution in [0.2, 0.25) is 0 Å². The van der Waals surface area contributed by atoms with Crippen LogP contribution in [0.1, 0.15) is 6.42 Å². The van der Waals surface area contributed by atoms with Crippen LogP contribution in [0.15, 0.2) is 54.9 Å². The van der Waals surface area contributed by atoms with Gasteiger partial charge in [0.15, 0.2) is 11.5 Å². The Balaban J connectivity index is 1.36. The Morgan fingerprint density at radius 1 is 0.812 bits per heavy atom. The highest BCUT2D eigenvalue weighted by Gasteiger charge is 2.27. The molecular weight excluding hydrogens is 406 g/mol. The first-order valence-corrected chi connectivity index (χ1v) is 10.5. The minimum atomic E-state index is 0.0795. The van der Waals surface area contributed by atoms with Crippen molar-refractivity contribution in [3.63, 3.8) is 0 Å². The van der Waals surface area contributed by atoms with Gasteiger partial charge in [-0.15, -0.1) is 0 Å². The van der Waals surface area contributed by atoms with E-state index in [9.17, 15) is 0 Å². The van der Waals surface area contributed by atoms with Crippen molar-refractivity contribution in [2.45, 2.75) is 12.5 Å². The van der Waals surface area contributed by atoms with E-state index in [4.69, 9.17) is 18.9 Å². The van der Waals surface area contributed by atoms with Crippen molar-refractivity contribution in [1.82, 2.24) is 9.97 Å². The number of ether oxygens (including phenoxy) is 4. The van der Waals surface area contributed by atoms with Crippen LogP contribution in [0.3, 0.4) is 0 Å². The van der Waals surface area contributed by atoms with E-state index in [0.29, 0.717) is 11.5 Å². The lowest BCUT2D eigenvalue weighted by Crippen LogP contribution is -2.25. The van der Waals surface area contributed by atoms with E-state index < -0.39 is 0 Å². The van der Waals surface area contributed by atoms with Gasteiger partial charge in [0, 0.05) is 24.4 Å². The number of fused-ring (bicyclic) bond motifs is 2. The molecule has 5 rings (SSSR count). The fourth-order valence-corrected chi connectivity index (χ4v) is 4.23. The predicted octanol–water partition coefficient (Wildman–Crippen LogP) is 4.47. The van der Waals surface area contributed by atoms with Gasteiger partial charge in [0.2, 0.25) is 0 Å². The van der Waals surface area contributed by atoms with Crippen LogP contribution in [-0.4, -0.2) is 50.5 Å². The number of methoxy groups -OCH3 is 3. The van der Waals surface area contributed by atoms with Gasteiger partial charge in [-0.3, -0.25) is 0 Å². The van der Waals surface area contributed by atoms with Crippen LogP contribution in [0, 0.1) is 0 Å². The van der Waals surface area contributed by atoms with E-state index >= 15 is 0 Å². The van der Waals surface area contributed by atoms with Gasteiger partial charge in [0.05, 0.1) is 33.4 Å². The molecule has 3 aromatic carbocycles. The lowest BCUT2D eigenvalue weighted by atomic mass is 10.1. The first-order valence-electron chi connectivity index (χ1n) is 10.5. The Morgan fingerprint density at radius 2 is 1.53 bits per heavy atom. The topological polar surface area (TPSA) is 65.9 Å². The van der Waals surface area contributed by atoms with Gasteiger partial charge in [0.25, 0.3) is 0 Å². The number of rotatable bonds is 6. The van der Waals surface area contributed by atoms with Crippen molar-refractivity contribution in [1.29, 1.82) is 0 Å². The molecule has 1 aliphatic rings. The minimum absolute atomic E-state index is 0.0795. The van der Waals surface area contributed by atoms with Crippen LogP contribution in [-0.2, 0) is 0 Å². The Morgan fingerprint density at radius 3 is 2.28 bits per heavy atom. The van der Waals surface area contributed by atoms with Crippen molar-refractivity contribution in [3.05, 3.63) is 54.9 Å². The van der Waals surface area contributed by atoms with Crippen molar-refractivity contribution < 1.29 is 18.9 Å². The third-order valence-corrected chi connectivity index (χ3v) is 5.89. The van der Waals surface area contributed by atoms with Crippen LogP contribution < -0.4 is 23.8 Å². The first-order chi connectivity index (χ1) is 15.7. The lowest BCUT2D eigenvalue weighted by molar-refractivity contribution is 0.225. The number of anilines is 1. The average molecular weight is 431 g/mol. The summed E-state index contributed by atoms with van der Waals surface area (Å²) in [6, 6.07) is 16.0. The largest absolute Gasteiger partial charge is 0.497 e. The molecule has 1 atom stereocenters. The van der Waals surface area contributed by atoms with Gasteiger partial charge in [-0.2, -0.15) is 0 Å². The first kappa shape index (κ1) is 20.2. The highest BCUT2D eigenvalue weighted by Crippen LogP contribution is 2.36. The Kier molecular flexibility index (Phi) is 5.31. The van der Waals surface area contributed by atoms with E-state index in [1.807, 2.05) is 30.3 Å². The second kappa shape index (κ2) is 8.42. The van der Waals surface area contributed by atoms with E-state index in [1.54, 1.807) is 27.7 Å². The summed E-state index contributed by atoms with van der Waals surface area (Å²) < 4.78 is 22.5. The molecule has 1 aromatic heterocycles. The van der Waals surface area contributed by atoms with Crippen LogP contribution in [0.5, 0.6) is 23.0 Å². The summed E-state index contributed by atoms with van der Waals surface area (Å²) in [7, 11) is 4.93. The fraction of sp³-hybridized carbons (Fsp3) is 0.280. The van der Waals surface area contributed by atoms with Crippen LogP contribution in [0.25, 0.3) is 21.7 Å². The quantitative estimate of drug-likeness (QED) is 0.446. The molecule has 0 radical (unpaired) electrons. The summed E-state index contributed by atoms with van der Waals surface area (Å²) in [6.07, 6.45) is 2.59. The number of hydrogen-bond donors (Lipinski definition) is 0. The molecular formula is C25H25N3O4. The number of nitrogens with zero attached hydrogens (tertiary/aromatic N) is 3. The monoisotopic (exact) mass is 431 g/mol. The van der Waals surface area contributed by atoms with E-state index in [-0.39, 0.29) is 6.10 Å². The molecule has 2 heterocycles. The second-order valence-corrected chi connectivity index (χ2v) is 7.77. The predicted molar refractivity (Wildman–Crippen MR) is 124 cm³/mol. The molecule has 164 valence electrons. The fourth-order valence-electron chi connectivity index (χ4n) is 4.23. The Hall–Kier alpha value is -3.74. The Bertz CT molecular complexity index is 1280. The third-order valence-electron chi connectivity index (χ3n) is 5.89. The SMILES string of the molecule is COc1ccc2cc(OC3CCN(c4ncnc5cc(OC)c(OC)cc45)C3)ccc2c1. The summed E-state index contributed by atoms with van der Waals surface area (Å²) in [5.41, 5.74) is 0.821. The number of benzene rings is 3. The van der Waals surface area contributed by atoms with Gasteiger partial charge in [-0.1, -0.05) is 12.1 Å². The molecule has 0 saturated carbocycles. The molecule has 7 nitrogen and oxygen atoms in total. The molecule has 0 spiro atoms. The number of aromatic nitrogens is 2. The molecule has 0 bridgehead atoms. The molecule has 0 N–H and O–H groups in total. The highest BCUT2D eigenvalue weighted by atomic mass is 16.5. The van der Waals surface area contributed by atoms with Crippen molar-refractivity contribution in [2.75, 3.05) is 39.3 Å². The molecule has 1 saturated heterocycles. The highest BCUT2D eigenvalue weighted by molar-refractivity contribution is 5.92. The molecule has 7 heteroatoms. The smallest absolute Gasteiger partial charge is 0.162 e. The molecule has 32 heavy (non-hydrogen) atoms. The zero-order chi connectivity index (χ0) is 22.1. The summed E-state index contributed by atoms with van der Waals surface area (Å²) >= 11 is 0. The zero-order valence-corrected chi connectivity index (χ0v) is 18.4. The molecule has 0 aliphatic carbocycles. The summed E-state index contributed by atoms with van der Waals surface area (Å²) in [5.74, 6) is 3.92. The van der Waals surface area contributed by atoms with Crippen molar-refractivity contribution in [2.24, 2.45) is 0 Å². The van der Waals surface area contributed by atoms with Gasteiger partial charge in [-0.25, -0.2) is 9.97 Å². The second-order valence-electron chi connectivity index (χ2n) is 7.77. The average Bonchev–Trinajstić information content (AvgIpc) is 3.30. The van der Waals surface area contributed by atoms with Gasteiger partial charge < -0.3 is 23.8 Å². The van der Waals surface area contributed by atoms with E-state index in [0.717, 1.165) is 58.5 Å².